The van der Waals surface area contributed by atoms with Crippen molar-refractivity contribution in [3.8, 4) is 0 Å². The van der Waals surface area contributed by atoms with E-state index in [4.69, 9.17) is 10.2 Å². The fraction of sp³-hybridized carbons (Fsp3) is 0.500. The number of hydrogen-bond donors (Lipinski definition) is 4. The molecule has 0 bridgehead atoms. The number of aromatic amines is 1. The highest BCUT2D eigenvalue weighted by Crippen LogP contribution is 2.11. The molecule has 0 saturated carbocycles. The number of H-pyrrole nitrogens is 1. The van der Waals surface area contributed by atoms with Gasteiger partial charge < -0.3 is 20.1 Å². The van der Waals surface area contributed by atoms with Crippen LogP contribution in [-0.4, -0.2) is 37.5 Å². The lowest BCUT2D eigenvalue weighted by Gasteiger charge is -2.22. The normalized spacial score (nSPS) is 15.1. The molecule has 8 nitrogen and oxygen atoms in total. The first-order chi connectivity index (χ1) is 7.41. The van der Waals surface area contributed by atoms with Crippen molar-refractivity contribution in [3.63, 3.8) is 0 Å². The van der Waals surface area contributed by atoms with Gasteiger partial charge in [-0.25, -0.2) is 4.79 Å². The summed E-state index contributed by atoms with van der Waals surface area (Å²) >= 11 is 0. The zero-order chi connectivity index (χ0) is 12.3. The molecule has 1 heterocycles. The minimum Gasteiger partial charge on any atom is -0.389 e. The number of rotatable bonds is 4. The smallest absolute Gasteiger partial charge is 0.330 e. The summed E-state index contributed by atoms with van der Waals surface area (Å²) in [6.45, 7) is -0.844. The maximum absolute atomic E-state index is 11.3. The molecule has 1 unspecified atom stereocenters. The Bertz CT molecular complexity index is 448. The molecule has 0 aromatic carbocycles. The van der Waals surface area contributed by atoms with E-state index in [1.54, 1.807) is 0 Å². The van der Waals surface area contributed by atoms with Gasteiger partial charge in [-0.05, 0) is 6.92 Å². The molecule has 4 N–H and O–H groups in total. The van der Waals surface area contributed by atoms with Crippen LogP contribution in [0.2, 0.25) is 0 Å². The highest BCUT2D eigenvalue weighted by molar-refractivity contribution is 4.85. The molecular formula is C8H12N2O6. The number of aliphatic hydroxyl groups is 3. The molecule has 0 amide bonds. The van der Waals surface area contributed by atoms with Crippen LogP contribution in [0.4, 0.5) is 0 Å². The fourth-order valence-corrected chi connectivity index (χ4v) is 1.16. The third kappa shape index (κ3) is 3.00. The highest BCUT2D eigenvalue weighted by atomic mass is 16.7. The van der Waals surface area contributed by atoms with Crippen molar-refractivity contribution in [2.75, 3.05) is 0 Å². The maximum atomic E-state index is 11.3. The Morgan fingerprint density at radius 3 is 2.44 bits per heavy atom. The standard InChI is InChI=1S/C8H12N2O6/c1-4(11)6(16-8(14)15)10-3-2-5(12)9-7(10)13/h2-4,6,8,11,14-15H,1H3,(H,9,12,13)/t4?,6-/m1/s1. The first-order valence-electron chi connectivity index (χ1n) is 4.43. The van der Waals surface area contributed by atoms with Gasteiger partial charge in [0.05, 0.1) is 6.10 Å². The van der Waals surface area contributed by atoms with Gasteiger partial charge >= 0.3 is 5.69 Å². The van der Waals surface area contributed by atoms with E-state index < -0.39 is 30.1 Å². The Morgan fingerprint density at radius 1 is 1.38 bits per heavy atom. The molecule has 8 heteroatoms. The molecule has 90 valence electrons. The quantitative estimate of drug-likeness (QED) is 0.433. The minimum absolute atomic E-state index is 0.602. The Morgan fingerprint density at radius 2 is 2.00 bits per heavy atom. The van der Waals surface area contributed by atoms with Gasteiger partial charge in [0.1, 0.15) is 0 Å². The fourth-order valence-electron chi connectivity index (χ4n) is 1.16. The van der Waals surface area contributed by atoms with Crippen molar-refractivity contribution >= 4 is 0 Å². The topological polar surface area (TPSA) is 125 Å². The first kappa shape index (κ1) is 12.6. The zero-order valence-corrected chi connectivity index (χ0v) is 8.40. The lowest BCUT2D eigenvalue weighted by Crippen LogP contribution is -2.38. The molecule has 0 radical (unpaired) electrons. The Kier molecular flexibility index (Phi) is 3.96. The predicted molar refractivity (Wildman–Crippen MR) is 51.4 cm³/mol. The van der Waals surface area contributed by atoms with E-state index in [-0.39, 0.29) is 0 Å². The van der Waals surface area contributed by atoms with Gasteiger partial charge in [-0.15, -0.1) is 0 Å². The number of nitrogens with zero attached hydrogens (tertiary/aromatic N) is 1. The second-order valence-corrected chi connectivity index (χ2v) is 3.11. The van der Waals surface area contributed by atoms with Crippen LogP contribution in [0.1, 0.15) is 13.2 Å². The van der Waals surface area contributed by atoms with E-state index in [1.807, 2.05) is 4.98 Å². The average molecular weight is 232 g/mol. The van der Waals surface area contributed by atoms with Crippen LogP contribution in [0.15, 0.2) is 21.9 Å². The predicted octanol–water partition coefficient (Wildman–Crippen LogP) is -2.30. The molecule has 2 atom stereocenters. The summed E-state index contributed by atoms with van der Waals surface area (Å²) in [4.78, 5) is 24.1. The van der Waals surface area contributed by atoms with Crippen LogP contribution in [0.5, 0.6) is 0 Å². The van der Waals surface area contributed by atoms with Crippen molar-refractivity contribution in [1.29, 1.82) is 0 Å². The van der Waals surface area contributed by atoms with Crippen LogP contribution < -0.4 is 11.2 Å². The Hall–Kier alpha value is -1.48. The van der Waals surface area contributed by atoms with Crippen molar-refractivity contribution < 1.29 is 20.1 Å². The van der Waals surface area contributed by atoms with E-state index >= 15 is 0 Å². The molecule has 0 aliphatic heterocycles. The first-order valence-corrected chi connectivity index (χ1v) is 4.43. The molecule has 0 fully saturated rings. The van der Waals surface area contributed by atoms with Gasteiger partial charge in [0.15, 0.2) is 6.23 Å². The highest BCUT2D eigenvalue weighted by Gasteiger charge is 2.21. The average Bonchev–Trinajstić information content (AvgIpc) is 2.14. The van der Waals surface area contributed by atoms with E-state index in [1.165, 1.54) is 6.92 Å². The summed E-state index contributed by atoms with van der Waals surface area (Å²) < 4.78 is 5.36. The van der Waals surface area contributed by atoms with E-state index in [9.17, 15) is 14.7 Å². The second kappa shape index (κ2) is 5.03. The Balaban J connectivity index is 3.11. The third-order valence-electron chi connectivity index (χ3n) is 1.80. The summed E-state index contributed by atoms with van der Waals surface area (Å²) in [5.41, 5.74) is -1.42. The van der Waals surface area contributed by atoms with Crippen molar-refractivity contribution in [3.05, 3.63) is 33.1 Å². The lowest BCUT2D eigenvalue weighted by atomic mass is 10.3. The molecule has 0 spiro atoms. The van der Waals surface area contributed by atoms with E-state index in [2.05, 4.69) is 4.74 Å². The Labute approximate surface area is 89.4 Å². The van der Waals surface area contributed by atoms with Crippen molar-refractivity contribution in [1.82, 2.24) is 9.55 Å². The van der Waals surface area contributed by atoms with Crippen LogP contribution in [0.3, 0.4) is 0 Å². The minimum atomic E-state index is -2.14. The number of aliphatic hydroxyl groups excluding tert-OH is 2. The second-order valence-electron chi connectivity index (χ2n) is 3.11. The third-order valence-corrected chi connectivity index (χ3v) is 1.80. The molecule has 1 aromatic heterocycles. The number of nitrogens with one attached hydrogen (secondary N) is 1. The van der Waals surface area contributed by atoms with Crippen molar-refractivity contribution in [2.24, 2.45) is 0 Å². The number of hydrogen-bond acceptors (Lipinski definition) is 6. The van der Waals surface area contributed by atoms with Crippen molar-refractivity contribution in [2.45, 2.75) is 25.7 Å². The maximum Gasteiger partial charge on any atom is 0.330 e. The SMILES string of the molecule is CC(O)[C@@H](OC(O)O)n1ccc(=O)[nH]c1=O. The van der Waals surface area contributed by atoms with Gasteiger partial charge in [0, 0.05) is 12.3 Å². The molecule has 1 aromatic rings. The van der Waals surface area contributed by atoms with Gasteiger partial charge in [-0.3, -0.25) is 14.3 Å². The summed E-state index contributed by atoms with van der Waals surface area (Å²) in [5, 5.41) is 26.5. The largest absolute Gasteiger partial charge is 0.389 e. The summed E-state index contributed by atoms with van der Waals surface area (Å²) in [5.74, 6) is 0. The van der Waals surface area contributed by atoms with Crippen LogP contribution >= 0.6 is 0 Å². The van der Waals surface area contributed by atoms with Crippen LogP contribution in [-0.2, 0) is 4.74 Å². The van der Waals surface area contributed by atoms with Crippen LogP contribution in [0, 0.1) is 0 Å². The molecular weight excluding hydrogens is 220 g/mol. The molecule has 1 rings (SSSR count). The van der Waals surface area contributed by atoms with Gasteiger partial charge in [-0.1, -0.05) is 0 Å². The van der Waals surface area contributed by atoms with Gasteiger partial charge in [0.2, 0.25) is 0 Å². The summed E-state index contributed by atoms with van der Waals surface area (Å²) in [6, 6.07) is 1.05. The van der Waals surface area contributed by atoms with E-state index in [0.717, 1.165) is 16.8 Å². The van der Waals surface area contributed by atoms with Gasteiger partial charge in [-0.2, -0.15) is 0 Å². The summed E-state index contributed by atoms with van der Waals surface area (Å²) in [6.07, 6.45) is -1.39. The zero-order valence-electron chi connectivity index (χ0n) is 8.40. The molecule has 0 saturated heterocycles. The summed E-state index contributed by atoms with van der Waals surface area (Å²) in [7, 11) is 0. The lowest BCUT2D eigenvalue weighted by molar-refractivity contribution is -0.286. The van der Waals surface area contributed by atoms with Crippen LogP contribution in [0.25, 0.3) is 0 Å². The van der Waals surface area contributed by atoms with Gasteiger partial charge in [0.25, 0.3) is 12.0 Å². The molecule has 16 heavy (non-hydrogen) atoms. The number of ether oxygens (including phenoxy) is 1. The monoisotopic (exact) mass is 232 g/mol. The van der Waals surface area contributed by atoms with E-state index in [0.29, 0.717) is 0 Å². The molecule has 0 aliphatic rings. The number of aromatic nitrogens is 2. The molecule has 0 aliphatic carbocycles.